The van der Waals surface area contributed by atoms with Gasteiger partial charge in [0.25, 0.3) is 5.69 Å². The Morgan fingerprint density at radius 3 is 2.30 bits per heavy atom. The molecule has 6 heteroatoms. The molecule has 4 nitrogen and oxygen atoms in total. The quantitative estimate of drug-likeness (QED) is 0.520. The summed E-state index contributed by atoms with van der Waals surface area (Å²) in [5.41, 5.74) is 6.95. The molecule has 20 heavy (non-hydrogen) atoms. The van der Waals surface area contributed by atoms with Gasteiger partial charge in [-0.15, -0.1) is 11.8 Å². The Hall–Kier alpha value is -1.92. The van der Waals surface area contributed by atoms with Crippen molar-refractivity contribution in [3.8, 4) is 0 Å². The summed E-state index contributed by atoms with van der Waals surface area (Å²) in [5.74, 6) is 0.327. The van der Waals surface area contributed by atoms with Crippen LogP contribution in [-0.4, -0.2) is 10.7 Å². The maximum Gasteiger partial charge on any atom is 0.269 e. The minimum atomic E-state index is -0.432. The highest BCUT2D eigenvalue weighted by Gasteiger charge is 2.08. The monoisotopic (exact) mass is 292 g/mol. The van der Waals surface area contributed by atoms with E-state index < -0.39 is 4.92 Å². The first kappa shape index (κ1) is 14.5. The molecule has 0 radical (unpaired) electrons. The average molecular weight is 292 g/mol. The number of non-ortho nitro benzene ring substituents is 1. The molecule has 2 aromatic rings. The van der Waals surface area contributed by atoms with Crippen LogP contribution in [0.15, 0.2) is 53.4 Å². The van der Waals surface area contributed by atoms with Crippen LogP contribution in [0.1, 0.15) is 11.6 Å². The molecule has 1 atom stereocenters. The highest BCUT2D eigenvalue weighted by molar-refractivity contribution is 7.99. The van der Waals surface area contributed by atoms with Gasteiger partial charge in [-0.3, -0.25) is 10.1 Å². The van der Waals surface area contributed by atoms with Crippen LogP contribution in [0, 0.1) is 15.9 Å². The fraction of sp³-hybridized carbons (Fsp3) is 0.143. The van der Waals surface area contributed by atoms with Crippen LogP contribution < -0.4 is 5.73 Å². The van der Waals surface area contributed by atoms with Gasteiger partial charge in [0.15, 0.2) is 0 Å². The number of nitrogens with zero attached hydrogens (tertiary/aromatic N) is 1. The van der Waals surface area contributed by atoms with E-state index >= 15 is 0 Å². The third kappa shape index (κ3) is 3.79. The van der Waals surface area contributed by atoms with Gasteiger partial charge < -0.3 is 5.73 Å². The lowest BCUT2D eigenvalue weighted by atomic mass is 10.1. The van der Waals surface area contributed by atoms with Gasteiger partial charge in [0.1, 0.15) is 5.82 Å². The molecule has 2 aromatic carbocycles. The summed E-state index contributed by atoms with van der Waals surface area (Å²) in [6, 6.07) is 12.2. The zero-order valence-electron chi connectivity index (χ0n) is 10.5. The molecule has 0 saturated heterocycles. The van der Waals surface area contributed by atoms with Crippen LogP contribution in [-0.2, 0) is 0 Å². The zero-order chi connectivity index (χ0) is 14.5. The summed E-state index contributed by atoms with van der Waals surface area (Å²) < 4.78 is 12.8. The number of thioether (sulfide) groups is 1. The van der Waals surface area contributed by atoms with Gasteiger partial charge in [-0.1, -0.05) is 12.1 Å². The summed E-state index contributed by atoms with van der Waals surface area (Å²) in [7, 11) is 0. The van der Waals surface area contributed by atoms with E-state index in [0.717, 1.165) is 10.5 Å². The van der Waals surface area contributed by atoms with Crippen molar-refractivity contribution in [2.24, 2.45) is 5.73 Å². The van der Waals surface area contributed by atoms with E-state index in [1.807, 2.05) is 0 Å². The molecule has 2 rings (SSSR count). The normalized spacial score (nSPS) is 12.1. The third-order valence-electron chi connectivity index (χ3n) is 2.78. The Kier molecular flexibility index (Phi) is 4.70. The lowest BCUT2D eigenvalue weighted by molar-refractivity contribution is -0.384. The predicted molar refractivity (Wildman–Crippen MR) is 77.1 cm³/mol. The molecule has 0 amide bonds. The van der Waals surface area contributed by atoms with E-state index in [9.17, 15) is 14.5 Å². The molecule has 0 fully saturated rings. The Morgan fingerprint density at radius 1 is 1.15 bits per heavy atom. The minimum Gasteiger partial charge on any atom is -0.323 e. The molecule has 0 aromatic heterocycles. The van der Waals surface area contributed by atoms with Crippen molar-refractivity contribution in [2.75, 3.05) is 5.75 Å². The molecular formula is C14H13FN2O2S. The number of rotatable bonds is 5. The molecule has 2 N–H and O–H groups in total. The second-order valence-corrected chi connectivity index (χ2v) is 5.31. The number of nitrogens with two attached hydrogens (primary N) is 1. The van der Waals surface area contributed by atoms with E-state index in [1.54, 1.807) is 24.3 Å². The molecule has 0 heterocycles. The van der Waals surface area contributed by atoms with Crippen molar-refractivity contribution in [1.29, 1.82) is 0 Å². The lowest BCUT2D eigenvalue weighted by Crippen LogP contribution is -2.12. The summed E-state index contributed by atoms with van der Waals surface area (Å²) in [5, 5.41) is 10.5. The minimum absolute atomic E-state index is 0.0668. The molecular weight excluding hydrogens is 279 g/mol. The van der Waals surface area contributed by atoms with E-state index in [1.165, 1.54) is 36.0 Å². The van der Waals surface area contributed by atoms with Gasteiger partial charge >= 0.3 is 0 Å². The average Bonchev–Trinajstić information content (AvgIpc) is 2.46. The molecule has 0 bridgehead atoms. The maximum atomic E-state index is 12.8. The molecule has 0 aliphatic carbocycles. The predicted octanol–water partition coefficient (Wildman–Crippen LogP) is 3.53. The van der Waals surface area contributed by atoms with Crippen molar-refractivity contribution in [1.82, 2.24) is 0 Å². The van der Waals surface area contributed by atoms with Gasteiger partial charge in [-0.2, -0.15) is 0 Å². The van der Waals surface area contributed by atoms with Crippen LogP contribution in [0.2, 0.25) is 0 Å². The van der Waals surface area contributed by atoms with Crippen LogP contribution >= 0.6 is 11.8 Å². The number of nitro groups is 1. The Labute approximate surface area is 119 Å². The summed E-state index contributed by atoms with van der Waals surface area (Å²) >= 11 is 1.51. The molecule has 0 saturated carbocycles. The van der Waals surface area contributed by atoms with Gasteiger partial charge in [0.05, 0.1) is 4.92 Å². The fourth-order valence-electron chi connectivity index (χ4n) is 1.66. The zero-order valence-corrected chi connectivity index (χ0v) is 11.3. The smallest absolute Gasteiger partial charge is 0.269 e. The summed E-state index contributed by atoms with van der Waals surface area (Å²) in [6.45, 7) is 0. The van der Waals surface area contributed by atoms with Crippen LogP contribution in [0.25, 0.3) is 0 Å². The Balaban J connectivity index is 1.94. The molecule has 0 aliphatic rings. The van der Waals surface area contributed by atoms with Crippen molar-refractivity contribution in [3.05, 3.63) is 70.0 Å². The first-order chi connectivity index (χ1) is 9.56. The van der Waals surface area contributed by atoms with Gasteiger partial charge in [-0.25, -0.2) is 4.39 Å². The Bertz CT molecular complexity index is 587. The largest absolute Gasteiger partial charge is 0.323 e. The van der Waals surface area contributed by atoms with E-state index in [2.05, 4.69) is 0 Å². The standard InChI is InChI=1S/C14H13FN2O2S/c15-11-3-1-10(2-4-11)14(16)9-20-13-7-5-12(6-8-13)17(18)19/h1-8,14H,9,16H2. The van der Waals surface area contributed by atoms with E-state index in [0.29, 0.717) is 5.75 Å². The number of benzene rings is 2. The van der Waals surface area contributed by atoms with Gasteiger partial charge in [0, 0.05) is 28.8 Å². The SMILES string of the molecule is NC(CSc1ccc([N+](=O)[O-])cc1)c1ccc(F)cc1. The summed E-state index contributed by atoms with van der Waals surface area (Å²) in [4.78, 5) is 11.0. The second-order valence-electron chi connectivity index (χ2n) is 4.22. The van der Waals surface area contributed by atoms with E-state index in [-0.39, 0.29) is 17.5 Å². The van der Waals surface area contributed by atoms with Crippen molar-refractivity contribution >= 4 is 17.4 Å². The van der Waals surface area contributed by atoms with Crippen LogP contribution in [0.4, 0.5) is 10.1 Å². The van der Waals surface area contributed by atoms with Crippen LogP contribution in [0.3, 0.4) is 0 Å². The maximum absolute atomic E-state index is 12.8. The van der Waals surface area contributed by atoms with Crippen molar-refractivity contribution in [3.63, 3.8) is 0 Å². The van der Waals surface area contributed by atoms with Gasteiger partial charge in [0.2, 0.25) is 0 Å². The second kappa shape index (κ2) is 6.49. The van der Waals surface area contributed by atoms with Crippen molar-refractivity contribution in [2.45, 2.75) is 10.9 Å². The first-order valence-corrected chi connectivity index (χ1v) is 6.93. The topological polar surface area (TPSA) is 69.2 Å². The Morgan fingerprint density at radius 2 is 1.75 bits per heavy atom. The molecule has 1 unspecified atom stereocenters. The number of hydrogen-bond acceptors (Lipinski definition) is 4. The highest BCUT2D eigenvalue weighted by Crippen LogP contribution is 2.25. The molecule has 104 valence electrons. The van der Waals surface area contributed by atoms with Crippen LogP contribution in [0.5, 0.6) is 0 Å². The van der Waals surface area contributed by atoms with E-state index in [4.69, 9.17) is 5.73 Å². The first-order valence-electron chi connectivity index (χ1n) is 5.94. The molecule has 0 aliphatic heterocycles. The number of nitro benzene ring substituents is 1. The third-order valence-corrected chi connectivity index (χ3v) is 3.91. The number of halogens is 1. The highest BCUT2D eigenvalue weighted by atomic mass is 32.2. The fourth-order valence-corrected chi connectivity index (χ4v) is 2.55. The van der Waals surface area contributed by atoms with Gasteiger partial charge in [-0.05, 0) is 29.8 Å². The van der Waals surface area contributed by atoms with Crippen molar-refractivity contribution < 1.29 is 9.31 Å². The number of hydrogen-bond donors (Lipinski definition) is 1. The lowest BCUT2D eigenvalue weighted by Gasteiger charge is -2.11. The molecule has 0 spiro atoms. The summed E-state index contributed by atoms with van der Waals surface area (Å²) in [6.07, 6.45) is 0.